The molecular formula is C5H11FN2S. The maximum absolute atomic E-state index is 11.4. The van der Waals surface area contributed by atoms with Gasteiger partial charge in [0.1, 0.15) is 6.67 Å². The van der Waals surface area contributed by atoms with Crippen LogP contribution in [0.3, 0.4) is 0 Å². The van der Waals surface area contributed by atoms with Crippen molar-refractivity contribution in [2.75, 3.05) is 19.8 Å². The van der Waals surface area contributed by atoms with Gasteiger partial charge in [0.25, 0.3) is 0 Å². The molecule has 0 unspecified atom stereocenters. The molecule has 54 valence electrons. The topological polar surface area (TPSA) is 24.1 Å². The first-order valence-electron chi connectivity index (χ1n) is 2.89. The third-order valence-corrected chi connectivity index (χ3v) is 1.01. The number of hydrogen-bond acceptors (Lipinski definition) is 1. The van der Waals surface area contributed by atoms with Crippen LogP contribution in [-0.2, 0) is 0 Å². The van der Waals surface area contributed by atoms with Crippen molar-refractivity contribution >= 4 is 17.3 Å². The van der Waals surface area contributed by atoms with Crippen LogP contribution in [-0.4, -0.2) is 24.9 Å². The summed E-state index contributed by atoms with van der Waals surface area (Å²) in [5.41, 5.74) is 0. The largest absolute Gasteiger partial charge is 0.363 e. The monoisotopic (exact) mass is 150 g/mol. The molecular weight excluding hydrogens is 139 g/mol. The predicted molar refractivity (Wildman–Crippen MR) is 40.3 cm³/mol. The molecule has 0 saturated carbocycles. The van der Waals surface area contributed by atoms with Gasteiger partial charge in [-0.15, -0.1) is 0 Å². The van der Waals surface area contributed by atoms with Gasteiger partial charge in [0.2, 0.25) is 0 Å². The molecule has 0 saturated heterocycles. The van der Waals surface area contributed by atoms with E-state index < -0.39 is 0 Å². The Morgan fingerprint density at radius 3 is 2.67 bits per heavy atom. The van der Waals surface area contributed by atoms with Crippen molar-refractivity contribution in [3.05, 3.63) is 0 Å². The summed E-state index contributed by atoms with van der Waals surface area (Å²) in [7, 11) is 0. The van der Waals surface area contributed by atoms with Crippen molar-refractivity contribution in [3.8, 4) is 0 Å². The van der Waals surface area contributed by atoms with Gasteiger partial charge >= 0.3 is 0 Å². The van der Waals surface area contributed by atoms with E-state index in [2.05, 4.69) is 10.6 Å². The number of nitrogens with one attached hydrogen (secondary N) is 2. The number of alkyl halides is 1. The molecule has 0 bridgehead atoms. The van der Waals surface area contributed by atoms with E-state index in [0.717, 1.165) is 6.54 Å². The molecule has 4 heteroatoms. The molecule has 0 aliphatic heterocycles. The number of halogens is 1. The maximum atomic E-state index is 11.4. The van der Waals surface area contributed by atoms with Gasteiger partial charge in [-0.1, -0.05) is 0 Å². The normalized spacial score (nSPS) is 8.67. The zero-order valence-electron chi connectivity index (χ0n) is 5.41. The highest BCUT2D eigenvalue weighted by molar-refractivity contribution is 7.80. The van der Waals surface area contributed by atoms with E-state index in [1.165, 1.54) is 0 Å². The Morgan fingerprint density at radius 2 is 2.22 bits per heavy atom. The van der Waals surface area contributed by atoms with Crippen LogP contribution in [0.25, 0.3) is 0 Å². The molecule has 0 amide bonds. The summed E-state index contributed by atoms with van der Waals surface area (Å²) in [5, 5.41) is 6.04. The van der Waals surface area contributed by atoms with Crippen molar-refractivity contribution < 1.29 is 4.39 Å². The van der Waals surface area contributed by atoms with E-state index in [1.54, 1.807) is 0 Å². The fourth-order valence-electron chi connectivity index (χ4n) is 0.384. The number of thiocarbonyl (C=S) groups is 1. The van der Waals surface area contributed by atoms with Gasteiger partial charge < -0.3 is 10.6 Å². The van der Waals surface area contributed by atoms with E-state index in [1.807, 2.05) is 6.92 Å². The van der Waals surface area contributed by atoms with Crippen molar-refractivity contribution in [2.24, 2.45) is 0 Å². The van der Waals surface area contributed by atoms with Crippen LogP contribution < -0.4 is 10.6 Å². The van der Waals surface area contributed by atoms with Gasteiger partial charge in [-0.2, -0.15) is 0 Å². The summed E-state index contributed by atoms with van der Waals surface area (Å²) in [6, 6.07) is 0. The molecule has 0 aliphatic rings. The molecule has 0 atom stereocenters. The second-order valence-corrected chi connectivity index (χ2v) is 1.88. The smallest absolute Gasteiger partial charge is 0.166 e. The molecule has 0 aromatic carbocycles. The minimum atomic E-state index is -0.383. The molecule has 0 spiro atoms. The highest BCUT2D eigenvalue weighted by Crippen LogP contribution is 1.66. The Morgan fingerprint density at radius 1 is 1.56 bits per heavy atom. The van der Waals surface area contributed by atoms with Gasteiger partial charge in [0.05, 0.1) is 0 Å². The minimum Gasteiger partial charge on any atom is -0.363 e. The van der Waals surface area contributed by atoms with Gasteiger partial charge in [-0.05, 0) is 19.1 Å². The van der Waals surface area contributed by atoms with Crippen molar-refractivity contribution in [1.29, 1.82) is 0 Å². The van der Waals surface area contributed by atoms with Crippen LogP contribution in [0.5, 0.6) is 0 Å². The Labute approximate surface area is 59.8 Å². The molecule has 0 aromatic heterocycles. The van der Waals surface area contributed by atoms with E-state index in [0.29, 0.717) is 11.7 Å². The Kier molecular flexibility index (Phi) is 5.51. The quantitative estimate of drug-likeness (QED) is 0.571. The lowest BCUT2D eigenvalue weighted by Gasteiger charge is -2.04. The van der Waals surface area contributed by atoms with Crippen LogP contribution in [0.1, 0.15) is 6.92 Å². The molecule has 9 heavy (non-hydrogen) atoms. The second kappa shape index (κ2) is 5.75. The molecule has 0 radical (unpaired) electrons. The third kappa shape index (κ3) is 5.49. The molecule has 0 fully saturated rings. The highest BCUT2D eigenvalue weighted by Gasteiger charge is 1.88. The second-order valence-electron chi connectivity index (χ2n) is 1.48. The summed E-state index contributed by atoms with van der Waals surface area (Å²) in [6.45, 7) is 2.62. The maximum Gasteiger partial charge on any atom is 0.166 e. The average Bonchev–Trinajstić information content (AvgIpc) is 1.85. The first-order valence-corrected chi connectivity index (χ1v) is 3.29. The van der Waals surface area contributed by atoms with Gasteiger partial charge in [0.15, 0.2) is 5.11 Å². The predicted octanol–water partition coefficient (Wildman–Crippen LogP) is 0.440. The van der Waals surface area contributed by atoms with Crippen LogP contribution in [0, 0.1) is 0 Å². The molecule has 0 aromatic rings. The first-order chi connectivity index (χ1) is 4.31. The van der Waals surface area contributed by atoms with Crippen molar-refractivity contribution in [2.45, 2.75) is 6.92 Å². The van der Waals surface area contributed by atoms with Gasteiger partial charge in [-0.3, -0.25) is 0 Å². The molecule has 2 N–H and O–H groups in total. The van der Waals surface area contributed by atoms with E-state index in [-0.39, 0.29) is 6.67 Å². The molecule has 2 nitrogen and oxygen atoms in total. The van der Waals surface area contributed by atoms with Gasteiger partial charge in [0, 0.05) is 13.1 Å². The lowest BCUT2D eigenvalue weighted by atomic mass is 10.7. The summed E-state index contributed by atoms with van der Waals surface area (Å²) in [5.74, 6) is 0. The van der Waals surface area contributed by atoms with Crippen molar-refractivity contribution in [3.63, 3.8) is 0 Å². The first kappa shape index (κ1) is 8.62. The fourth-order valence-corrected chi connectivity index (χ4v) is 0.630. The van der Waals surface area contributed by atoms with Crippen LogP contribution >= 0.6 is 12.2 Å². The van der Waals surface area contributed by atoms with Crippen LogP contribution in [0.15, 0.2) is 0 Å². The zero-order valence-corrected chi connectivity index (χ0v) is 6.22. The molecule has 0 heterocycles. The number of hydrogen-bond donors (Lipinski definition) is 2. The molecule has 0 rings (SSSR count). The summed E-state index contributed by atoms with van der Waals surface area (Å²) < 4.78 is 11.4. The zero-order chi connectivity index (χ0) is 7.11. The Balaban J connectivity index is 3.06. The lowest BCUT2D eigenvalue weighted by Crippen LogP contribution is -2.35. The average molecular weight is 150 g/mol. The highest BCUT2D eigenvalue weighted by atomic mass is 32.1. The summed E-state index contributed by atoms with van der Waals surface area (Å²) >= 11 is 4.73. The van der Waals surface area contributed by atoms with Crippen LogP contribution in [0.2, 0.25) is 0 Å². The van der Waals surface area contributed by atoms with E-state index in [4.69, 9.17) is 12.2 Å². The SMILES string of the molecule is CCNC(=S)NCCF. The third-order valence-electron chi connectivity index (χ3n) is 0.717. The summed E-state index contributed by atoms with van der Waals surface area (Å²) in [4.78, 5) is 0. The van der Waals surface area contributed by atoms with E-state index >= 15 is 0 Å². The Bertz CT molecular complexity index is 87.0. The van der Waals surface area contributed by atoms with E-state index in [9.17, 15) is 4.39 Å². The van der Waals surface area contributed by atoms with Crippen LogP contribution in [0.4, 0.5) is 4.39 Å². The van der Waals surface area contributed by atoms with Crippen molar-refractivity contribution in [1.82, 2.24) is 10.6 Å². The standard InChI is InChI=1S/C5H11FN2S/c1-2-7-5(9)8-4-3-6/h2-4H2,1H3,(H2,7,8,9). The van der Waals surface area contributed by atoms with Gasteiger partial charge in [-0.25, -0.2) is 4.39 Å². The fraction of sp³-hybridized carbons (Fsp3) is 0.800. The molecule has 0 aliphatic carbocycles. The number of rotatable bonds is 3. The lowest BCUT2D eigenvalue weighted by molar-refractivity contribution is 0.490. The minimum absolute atomic E-state index is 0.297. The Hall–Kier alpha value is -0.380. The summed E-state index contributed by atoms with van der Waals surface area (Å²) in [6.07, 6.45) is 0.